The van der Waals surface area contributed by atoms with E-state index in [1.807, 2.05) is 0 Å². The molecule has 1 aromatic rings. The molecule has 3 nitrogen and oxygen atoms in total. The van der Waals surface area contributed by atoms with Crippen molar-refractivity contribution in [1.82, 2.24) is 5.32 Å². The number of fused-ring (bicyclic) bond motifs is 1. The van der Waals surface area contributed by atoms with Gasteiger partial charge >= 0.3 is 0 Å². The van der Waals surface area contributed by atoms with Crippen molar-refractivity contribution in [3.05, 3.63) is 29.3 Å². The monoisotopic (exact) mass is 330 g/mol. The number of halogens is 3. The number of hydrogen-bond acceptors (Lipinski definition) is 2. The first-order chi connectivity index (χ1) is 10.1. The highest BCUT2D eigenvalue weighted by Crippen LogP contribution is 2.31. The SMILES string of the molecule is Cl.O=C(CCC1CCNCC1)N1CCc2cc(F)c(F)cc21. The van der Waals surface area contributed by atoms with Crippen LogP contribution in [0, 0.1) is 17.6 Å². The predicted molar refractivity (Wildman–Crippen MR) is 84.5 cm³/mol. The van der Waals surface area contributed by atoms with Crippen LogP contribution >= 0.6 is 12.4 Å². The molecule has 2 aliphatic heterocycles. The van der Waals surface area contributed by atoms with Gasteiger partial charge in [0.15, 0.2) is 11.6 Å². The van der Waals surface area contributed by atoms with Crippen LogP contribution in [-0.4, -0.2) is 25.5 Å². The number of piperidine rings is 1. The molecule has 1 fully saturated rings. The van der Waals surface area contributed by atoms with E-state index in [0.29, 0.717) is 31.0 Å². The Hall–Kier alpha value is -1.20. The fourth-order valence-corrected chi connectivity index (χ4v) is 3.27. The van der Waals surface area contributed by atoms with Crippen molar-refractivity contribution in [2.75, 3.05) is 24.5 Å². The number of rotatable bonds is 3. The van der Waals surface area contributed by atoms with Crippen molar-refractivity contribution in [1.29, 1.82) is 0 Å². The maximum Gasteiger partial charge on any atom is 0.227 e. The van der Waals surface area contributed by atoms with Gasteiger partial charge in [-0.15, -0.1) is 12.4 Å². The molecule has 0 aromatic heterocycles. The lowest BCUT2D eigenvalue weighted by Gasteiger charge is -2.23. The predicted octanol–water partition coefficient (Wildman–Crippen LogP) is 3.06. The molecule has 0 radical (unpaired) electrons. The minimum absolute atomic E-state index is 0. The Morgan fingerprint density at radius 1 is 1.23 bits per heavy atom. The van der Waals surface area contributed by atoms with E-state index in [4.69, 9.17) is 0 Å². The van der Waals surface area contributed by atoms with Gasteiger partial charge in [0.1, 0.15) is 0 Å². The van der Waals surface area contributed by atoms with Crippen molar-refractivity contribution in [2.45, 2.75) is 32.1 Å². The van der Waals surface area contributed by atoms with E-state index >= 15 is 0 Å². The highest BCUT2D eigenvalue weighted by Gasteiger charge is 2.27. The third-order valence-corrected chi connectivity index (χ3v) is 4.54. The van der Waals surface area contributed by atoms with Gasteiger partial charge in [-0.05, 0) is 56.3 Å². The molecule has 3 rings (SSSR count). The van der Waals surface area contributed by atoms with E-state index in [1.54, 1.807) is 4.90 Å². The molecular weight excluding hydrogens is 310 g/mol. The zero-order chi connectivity index (χ0) is 14.8. The third kappa shape index (κ3) is 3.58. The van der Waals surface area contributed by atoms with Gasteiger partial charge < -0.3 is 10.2 Å². The van der Waals surface area contributed by atoms with Crippen LogP contribution in [0.15, 0.2) is 12.1 Å². The summed E-state index contributed by atoms with van der Waals surface area (Å²) >= 11 is 0. The minimum atomic E-state index is -0.883. The van der Waals surface area contributed by atoms with Crippen LogP contribution < -0.4 is 10.2 Å². The van der Waals surface area contributed by atoms with Gasteiger partial charge in [-0.2, -0.15) is 0 Å². The Kier molecular flexibility index (Phi) is 5.75. The van der Waals surface area contributed by atoms with Crippen LogP contribution in [0.25, 0.3) is 0 Å². The Labute approximate surface area is 135 Å². The first-order valence-corrected chi connectivity index (χ1v) is 7.64. The summed E-state index contributed by atoms with van der Waals surface area (Å²) < 4.78 is 26.6. The maximum absolute atomic E-state index is 13.4. The van der Waals surface area contributed by atoms with Crippen molar-refractivity contribution < 1.29 is 13.6 Å². The molecular formula is C16H21ClF2N2O. The molecule has 0 saturated carbocycles. The molecule has 0 bridgehead atoms. The third-order valence-electron chi connectivity index (χ3n) is 4.54. The molecule has 2 aliphatic rings. The summed E-state index contributed by atoms with van der Waals surface area (Å²) in [7, 11) is 0. The summed E-state index contributed by atoms with van der Waals surface area (Å²) in [6.07, 6.45) is 4.21. The van der Waals surface area contributed by atoms with E-state index in [0.717, 1.165) is 44.0 Å². The first kappa shape index (κ1) is 17.2. The number of benzene rings is 1. The van der Waals surface area contributed by atoms with Gasteiger partial charge in [-0.25, -0.2) is 8.78 Å². The molecule has 2 heterocycles. The normalized spacial score (nSPS) is 18.0. The highest BCUT2D eigenvalue weighted by atomic mass is 35.5. The van der Waals surface area contributed by atoms with Gasteiger partial charge in [0.2, 0.25) is 5.91 Å². The van der Waals surface area contributed by atoms with E-state index in [2.05, 4.69) is 5.32 Å². The van der Waals surface area contributed by atoms with Crippen LogP contribution in [-0.2, 0) is 11.2 Å². The van der Waals surface area contributed by atoms with E-state index < -0.39 is 11.6 Å². The summed E-state index contributed by atoms with van der Waals surface area (Å²) in [4.78, 5) is 14.0. The van der Waals surface area contributed by atoms with Gasteiger partial charge in [0.05, 0.1) is 0 Å². The molecule has 1 saturated heterocycles. The Balaban J connectivity index is 0.00000176. The van der Waals surface area contributed by atoms with Crippen LogP contribution in [0.4, 0.5) is 14.5 Å². The fourth-order valence-electron chi connectivity index (χ4n) is 3.27. The topological polar surface area (TPSA) is 32.3 Å². The summed E-state index contributed by atoms with van der Waals surface area (Å²) in [6.45, 7) is 2.58. The number of nitrogens with zero attached hydrogens (tertiary/aromatic N) is 1. The van der Waals surface area contributed by atoms with Crippen molar-refractivity contribution >= 4 is 24.0 Å². The minimum Gasteiger partial charge on any atom is -0.317 e. The Morgan fingerprint density at radius 2 is 1.91 bits per heavy atom. The standard InChI is InChI=1S/C16H20F2N2O.ClH/c17-13-9-12-5-8-20(15(12)10-14(13)18)16(21)2-1-11-3-6-19-7-4-11;/h9-11,19H,1-8H2;1H. The zero-order valence-electron chi connectivity index (χ0n) is 12.4. The first-order valence-electron chi connectivity index (χ1n) is 7.64. The molecule has 0 aliphatic carbocycles. The fraction of sp³-hybridized carbons (Fsp3) is 0.562. The lowest BCUT2D eigenvalue weighted by atomic mass is 9.93. The molecule has 1 amide bonds. The van der Waals surface area contributed by atoms with Gasteiger partial charge in [0.25, 0.3) is 0 Å². The summed E-state index contributed by atoms with van der Waals surface area (Å²) in [5, 5.41) is 3.31. The van der Waals surface area contributed by atoms with Crippen LogP contribution in [0.5, 0.6) is 0 Å². The average Bonchev–Trinajstić information content (AvgIpc) is 2.89. The van der Waals surface area contributed by atoms with Crippen LogP contribution in [0.1, 0.15) is 31.2 Å². The van der Waals surface area contributed by atoms with Crippen LogP contribution in [0.3, 0.4) is 0 Å². The zero-order valence-corrected chi connectivity index (χ0v) is 13.2. The number of carbonyl (C=O) groups is 1. The van der Waals surface area contributed by atoms with E-state index in [-0.39, 0.29) is 18.3 Å². The Bertz CT molecular complexity index is 547. The molecule has 22 heavy (non-hydrogen) atoms. The van der Waals surface area contributed by atoms with Crippen molar-refractivity contribution in [2.24, 2.45) is 5.92 Å². The molecule has 6 heteroatoms. The lowest BCUT2D eigenvalue weighted by Crippen LogP contribution is -2.31. The number of nitrogens with one attached hydrogen (secondary N) is 1. The van der Waals surface area contributed by atoms with Gasteiger partial charge in [0, 0.05) is 24.7 Å². The van der Waals surface area contributed by atoms with Gasteiger partial charge in [-0.3, -0.25) is 4.79 Å². The summed E-state index contributed by atoms with van der Waals surface area (Å²) in [5.41, 5.74) is 1.27. The number of anilines is 1. The second-order valence-electron chi connectivity index (χ2n) is 5.92. The van der Waals surface area contributed by atoms with Gasteiger partial charge in [-0.1, -0.05) is 0 Å². The smallest absolute Gasteiger partial charge is 0.227 e. The lowest BCUT2D eigenvalue weighted by molar-refractivity contribution is -0.118. The quantitative estimate of drug-likeness (QED) is 0.924. The number of hydrogen-bond donors (Lipinski definition) is 1. The molecule has 0 spiro atoms. The average molecular weight is 331 g/mol. The van der Waals surface area contributed by atoms with Crippen molar-refractivity contribution in [3.63, 3.8) is 0 Å². The molecule has 1 N–H and O–H groups in total. The number of carbonyl (C=O) groups excluding carboxylic acids is 1. The summed E-state index contributed by atoms with van der Waals surface area (Å²) in [6, 6.07) is 2.37. The highest BCUT2D eigenvalue weighted by molar-refractivity contribution is 5.95. The molecule has 0 atom stereocenters. The second-order valence-corrected chi connectivity index (χ2v) is 5.92. The number of amides is 1. The van der Waals surface area contributed by atoms with E-state index in [1.165, 1.54) is 6.07 Å². The van der Waals surface area contributed by atoms with E-state index in [9.17, 15) is 13.6 Å². The second kappa shape index (κ2) is 7.38. The molecule has 1 aromatic carbocycles. The molecule has 122 valence electrons. The largest absolute Gasteiger partial charge is 0.317 e. The Morgan fingerprint density at radius 3 is 2.64 bits per heavy atom. The maximum atomic E-state index is 13.4. The van der Waals surface area contributed by atoms with Crippen LogP contribution in [0.2, 0.25) is 0 Å². The summed E-state index contributed by atoms with van der Waals surface area (Å²) in [5.74, 6) is -1.09. The van der Waals surface area contributed by atoms with Crippen molar-refractivity contribution in [3.8, 4) is 0 Å². The molecule has 0 unspecified atom stereocenters.